The van der Waals surface area contributed by atoms with Crippen molar-refractivity contribution in [1.82, 2.24) is 0 Å². The summed E-state index contributed by atoms with van der Waals surface area (Å²) in [5.74, 6) is 4.02. The maximum absolute atomic E-state index is 7.08. The van der Waals surface area contributed by atoms with Gasteiger partial charge >= 0.3 is 180 Å². The first-order valence-corrected chi connectivity index (χ1v) is 12.6. The molecular weight excluding hydrogens is 399 g/mol. The fourth-order valence-corrected chi connectivity index (χ4v) is 9.90. The first kappa shape index (κ1) is 17.1. The number of fused-ring (bicyclic) bond motifs is 2. The van der Waals surface area contributed by atoms with Crippen LogP contribution in [0.3, 0.4) is 0 Å². The predicted molar refractivity (Wildman–Crippen MR) is 131 cm³/mol. The van der Waals surface area contributed by atoms with Crippen LogP contribution in [-0.4, -0.2) is 0 Å². The minimum atomic E-state index is -3.61. The predicted octanol–water partition coefficient (Wildman–Crippen LogP) is 6.78. The van der Waals surface area contributed by atoms with Gasteiger partial charge in [-0.1, -0.05) is 0 Å². The molecule has 5 aromatic carbocycles. The van der Waals surface area contributed by atoms with Crippen LogP contribution in [0.25, 0.3) is 27.6 Å². The zero-order chi connectivity index (χ0) is 20.5. The molecule has 5 aromatic rings. The molecule has 3 heteroatoms. The summed E-state index contributed by atoms with van der Waals surface area (Å²) >= 11 is 0. The van der Waals surface area contributed by atoms with Crippen LogP contribution in [0.5, 0.6) is 11.5 Å². The van der Waals surface area contributed by atoms with Crippen molar-refractivity contribution in [2.45, 2.75) is 0 Å². The molecule has 0 saturated carbocycles. The summed E-state index contributed by atoms with van der Waals surface area (Å²) in [7, 11) is -3.61. The van der Waals surface area contributed by atoms with E-state index in [0.717, 1.165) is 38.4 Å². The molecule has 1 spiro atoms. The second-order valence-electron chi connectivity index (χ2n) is 8.19. The van der Waals surface area contributed by atoms with Gasteiger partial charge in [-0.15, -0.1) is 0 Å². The molecule has 0 radical (unpaired) electrons. The van der Waals surface area contributed by atoms with E-state index in [0.29, 0.717) is 0 Å². The summed E-state index contributed by atoms with van der Waals surface area (Å²) in [4.78, 5) is 0. The van der Waals surface area contributed by atoms with Crippen molar-refractivity contribution in [3.8, 4) is 11.5 Å². The van der Waals surface area contributed by atoms with E-state index in [9.17, 15) is 0 Å². The second kappa shape index (κ2) is 5.75. The second-order valence-corrected chi connectivity index (χ2v) is 11.9. The summed E-state index contributed by atoms with van der Waals surface area (Å²) in [6.45, 7) is 0. The van der Waals surface area contributed by atoms with Crippen molar-refractivity contribution in [2.24, 2.45) is 0 Å². The molecule has 0 unspecified atom stereocenters. The van der Waals surface area contributed by atoms with Gasteiger partial charge in [-0.05, 0) is 0 Å². The van der Waals surface area contributed by atoms with Gasteiger partial charge in [0.15, 0.2) is 0 Å². The van der Waals surface area contributed by atoms with E-state index in [1.807, 2.05) is 6.07 Å². The fraction of sp³-hybridized carbons (Fsp3) is 0. The molecule has 2 heterocycles. The van der Waals surface area contributed by atoms with Crippen molar-refractivity contribution >= 4 is 45.3 Å². The quantitative estimate of drug-likeness (QED) is 0.294. The van der Waals surface area contributed by atoms with Gasteiger partial charge in [0, 0.05) is 0 Å². The maximum atomic E-state index is 7.08. The molecule has 2 aliphatic rings. The third-order valence-electron chi connectivity index (χ3n) is 6.50. The minimum absolute atomic E-state index is 0.897. The molecule has 0 bridgehead atoms. The Balaban J connectivity index is 1.63. The third kappa shape index (κ3) is 2.06. The van der Waals surface area contributed by atoms with Crippen molar-refractivity contribution in [3.05, 3.63) is 115 Å². The Bertz CT molecular complexity index is 1450. The average Bonchev–Trinajstić information content (AvgIpc) is 3.28. The van der Waals surface area contributed by atoms with Crippen LogP contribution in [0.1, 0.15) is 5.56 Å². The third-order valence-corrected chi connectivity index (χ3v) is 10.9. The first-order chi connectivity index (χ1) is 15.3. The first-order valence-electron chi connectivity index (χ1n) is 10.5. The van der Waals surface area contributed by atoms with Crippen molar-refractivity contribution in [3.63, 3.8) is 0 Å². The fourth-order valence-electron chi connectivity index (χ4n) is 5.18. The summed E-state index contributed by atoms with van der Waals surface area (Å²) < 4.78 is 14.2. The zero-order valence-electron chi connectivity index (χ0n) is 16.7. The molecule has 0 aromatic heterocycles. The van der Waals surface area contributed by atoms with Gasteiger partial charge in [-0.2, -0.15) is 0 Å². The molecule has 7 rings (SSSR count). The van der Waals surface area contributed by atoms with E-state index in [1.54, 1.807) is 0 Å². The Labute approximate surface area is 180 Å². The van der Waals surface area contributed by atoms with Crippen LogP contribution in [0.2, 0.25) is 0 Å². The summed E-state index contributed by atoms with van der Waals surface area (Å²) in [5, 5.41) is 6.97. The number of hydrogen-bond acceptors (Lipinski definition) is 2. The van der Waals surface area contributed by atoms with Crippen molar-refractivity contribution < 1.29 is 9.05 Å². The molecule has 31 heavy (non-hydrogen) atoms. The Hall–Kier alpha value is -3.61. The monoisotopic (exact) mass is 418 g/mol. The number of benzene rings is 5. The van der Waals surface area contributed by atoms with Gasteiger partial charge in [0.25, 0.3) is 0 Å². The molecule has 0 saturated heterocycles. The van der Waals surface area contributed by atoms with E-state index >= 15 is 0 Å². The molecule has 0 aliphatic carbocycles. The Morgan fingerprint density at radius 1 is 0.516 bits per heavy atom. The van der Waals surface area contributed by atoms with E-state index in [4.69, 9.17) is 9.05 Å². The van der Waals surface area contributed by atoms with Crippen LogP contribution >= 0.6 is 7.06 Å². The molecule has 0 N–H and O–H groups in total. The molecule has 0 amide bonds. The topological polar surface area (TPSA) is 18.5 Å². The van der Waals surface area contributed by atoms with Gasteiger partial charge < -0.3 is 0 Å². The summed E-state index contributed by atoms with van der Waals surface area (Å²) in [6, 6.07) is 35.8. The van der Waals surface area contributed by atoms with Crippen molar-refractivity contribution in [2.75, 3.05) is 0 Å². The van der Waals surface area contributed by atoms with E-state index in [1.165, 1.54) is 10.8 Å². The van der Waals surface area contributed by atoms with Gasteiger partial charge in [-0.25, -0.2) is 0 Å². The zero-order valence-corrected chi connectivity index (χ0v) is 17.6. The normalized spacial score (nSPS) is 18.1. The van der Waals surface area contributed by atoms with E-state index in [-0.39, 0.29) is 0 Å². The molecular formula is C28H19O2P. The molecule has 0 fully saturated rings. The number of rotatable bonds is 2. The molecule has 2 aliphatic heterocycles. The summed E-state index contributed by atoms with van der Waals surface area (Å²) in [6.07, 6.45) is 2.16. The van der Waals surface area contributed by atoms with E-state index in [2.05, 4.69) is 109 Å². The Morgan fingerprint density at radius 3 is 1.58 bits per heavy atom. The summed E-state index contributed by atoms with van der Waals surface area (Å²) in [5.41, 5.74) is 1.12. The van der Waals surface area contributed by atoms with Crippen LogP contribution in [0, 0.1) is 0 Å². The van der Waals surface area contributed by atoms with Gasteiger partial charge in [0.1, 0.15) is 0 Å². The van der Waals surface area contributed by atoms with E-state index < -0.39 is 7.06 Å². The molecule has 148 valence electrons. The van der Waals surface area contributed by atoms with Gasteiger partial charge in [-0.3, -0.25) is 0 Å². The van der Waals surface area contributed by atoms with Crippen LogP contribution < -0.4 is 19.7 Å². The SMILES string of the molecule is C(=C\P12(Oc3cccc4cccc1c34)Oc1cccc3cccc2c13)/c1ccccc1. The molecule has 2 nitrogen and oxygen atoms in total. The Kier molecular flexibility index (Phi) is 3.17. The number of hydrogen-bond donors (Lipinski definition) is 0. The van der Waals surface area contributed by atoms with Gasteiger partial charge in [0.05, 0.1) is 0 Å². The van der Waals surface area contributed by atoms with Crippen molar-refractivity contribution in [1.29, 1.82) is 0 Å². The standard InChI is InChI=1S/C28H19O2P/c1-2-8-20(9-3-1)18-19-31(25-16-6-12-21-10-4-14-23(29-31)27(21)25)26-17-7-13-22-11-5-15-24(30-31)28(22)26/h1-19H/b19-18+. The average molecular weight is 418 g/mol. The molecule has 0 atom stereocenters. The van der Waals surface area contributed by atoms with Crippen LogP contribution in [0.15, 0.2) is 109 Å². The van der Waals surface area contributed by atoms with Crippen LogP contribution in [0.4, 0.5) is 0 Å². The Morgan fingerprint density at radius 2 is 1.03 bits per heavy atom. The van der Waals surface area contributed by atoms with Gasteiger partial charge in [0.2, 0.25) is 0 Å². The van der Waals surface area contributed by atoms with Crippen LogP contribution in [-0.2, 0) is 0 Å².